The number of hydrogen-bond donors (Lipinski definition) is 0. The van der Waals surface area contributed by atoms with Crippen LogP contribution in [0.4, 0.5) is 0 Å². The second-order valence-corrected chi connectivity index (χ2v) is 6.16. The molecule has 22 heavy (non-hydrogen) atoms. The maximum atomic E-state index is 5.24. The Bertz CT molecular complexity index is 974. The summed E-state index contributed by atoms with van der Waals surface area (Å²) in [4.78, 5) is 4.88. The predicted octanol–water partition coefficient (Wildman–Crippen LogP) is 4.77. The number of nitrogens with zero attached hydrogens (tertiary/aromatic N) is 2. The van der Waals surface area contributed by atoms with E-state index >= 15 is 0 Å². The third kappa shape index (κ3) is 2.06. The van der Waals surface area contributed by atoms with Crippen LogP contribution >= 0.6 is 22.6 Å². The van der Waals surface area contributed by atoms with Crippen molar-refractivity contribution in [3.05, 3.63) is 64.4 Å². The third-order valence-corrected chi connectivity index (χ3v) is 4.64. The first-order valence-corrected chi connectivity index (χ1v) is 8.06. The zero-order chi connectivity index (χ0) is 15.1. The molecule has 0 amide bonds. The number of aromatic nitrogens is 2. The number of para-hydroxylation sites is 2. The van der Waals surface area contributed by atoms with Crippen LogP contribution < -0.4 is 4.74 Å². The van der Waals surface area contributed by atoms with E-state index in [0.717, 1.165) is 33.6 Å². The molecule has 0 atom stereocenters. The Morgan fingerprint density at radius 1 is 0.909 bits per heavy atom. The molecule has 0 radical (unpaired) electrons. The van der Waals surface area contributed by atoms with Crippen molar-refractivity contribution >= 4 is 39.1 Å². The fraction of sp³-hybridized carbons (Fsp3) is 0.0556. The summed E-state index contributed by atoms with van der Waals surface area (Å²) in [6.45, 7) is 0. The topological polar surface area (TPSA) is 26.5 Å². The van der Waals surface area contributed by atoms with E-state index in [0.29, 0.717) is 0 Å². The lowest BCUT2D eigenvalue weighted by molar-refractivity contribution is 0.415. The lowest BCUT2D eigenvalue weighted by Gasteiger charge is -2.10. The molecule has 2 aromatic heterocycles. The summed E-state index contributed by atoms with van der Waals surface area (Å²) in [6.07, 6.45) is 0. The van der Waals surface area contributed by atoms with Crippen molar-refractivity contribution in [2.75, 3.05) is 7.11 Å². The molecule has 0 unspecified atom stereocenters. The summed E-state index contributed by atoms with van der Waals surface area (Å²) < 4.78 is 8.67. The number of methoxy groups -OCH3 is 1. The molecule has 0 fully saturated rings. The summed E-state index contributed by atoms with van der Waals surface area (Å²) in [5.74, 6) is 0.852. The average Bonchev–Trinajstić information content (AvgIpc) is 2.97. The van der Waals surface area contributed by atoms with E-state index in [1.54, 1.807) is 7.11 Å². The number of fused-ring (bicyclic) bond motifs is 3. The number of ether oxygens (including phenoxy) is 1. The van der Waals surface area contributed by atoms with E-state index < -0.39 is 0 Å². The molecule has 3 nitrogen and oxygen atoms in total. The third-order valence-electron chi connectivity index (χ3n) is 3.79. The summed E-state index contributed by atoms with van der Waals surface area (Å²) in [7, 11) is 1.68. The van der Waals surface area contributed by atoms with Gasteiger partial charge < -0.3 is 9.14 Å². The van der Waals surface area contributed by atoms with Gasteiger partial charge >= 0.3 is 0 Å². The largest absolute Gasteiger partial charge is 0.497 e. The SMILES string of the molecule is COc1ccc(-c2nc3ccccc3n3c(I)ccc23)cc1. The van der Waals surface area contributed by atoms with Gasteiger partial charge in [-0.1, -0.05) is 12.1 Å². The first-order chi connectivity index (χ1) is 10.8. The summed E-state index contributed by atoms with van der Waals surface area (Å²) in [5.41, 5.74) is 5.32. The lowest BCUT2D eigenvalue weighted by Crippen LogP contribution is -1.96. The predicted molar refractivity (Wildman–Crippen MR) is 97.4 cm³/mol. The molecule has 4 aromatic rings. The Balaban J connectivity index is 2.06. The summed E-state index contributed by atoms with van der Waals surface area (Å²) in [6, 6.07) is 20.5. The minimum Gasteiger partial charge on any atom is -0.497 e. The molecule has 0 N–H and O–H groups in total. The molecule has 0 aliphatic heterocycles. The first-order valence-electron chi connectivity index (χ1n) is 6.98. The van der Waals surface area contributed by atoms with Gasteiger partial charge in [0.1, 0.15) is 5.75 Å². The molecule has 108 valence electrons. The van der Waals surface area contributed by atoms with Gasteiger partial charge in [0.05, 0.1) is 33.1 Å². The molecule has 0 aliphatic carbocycles. The van der Waals surface area contributed by atoms with Crippen LogP contribution in [-0.4, -0.2) is 16.5 Å². The van der Waals surface area contributed by atoms with Gasteiger partial charge in [-0.3, -0.25) is 0 Å². The van der Waals surface area contributed by atoms with E-state index in [1.807, 2.05) is 24.3 Å². The zero-order valence-corrected chi connectivity index (χ0v) is 14.1. The standard InChI is InChI=1S/C18H13IN2O/c1-22-13-8-6-12(7-9-13)18-16-10-11-17(19)21(16)15-5-3-2-4-14(15)20-18/h2-11H,1H3. The van der Waals surface area contributed by atoms with E-state index in [-0.39, 0.29) is 0 Å². The Kier molecular flexibility index (Phi) is 3.26. The smallest absolute Gasteiger partial charge is 0.118 e. The van der Waals surface area contributed by atoms with Crippen molar-refractivity contribution in [3.63, 3.8) is 0 Å². The van der Waals surface area contributed by atoms with Crippen LogP contribution in [0.1, 0.15) is 0 Å². The fourth-order valence-corrected chi connectivity index (χ4v) is 3.43. The van der Waals surface area contributed by atoms with Gasteiger partial charge in [-0.05, 0) is 71.1 Å². The van der Waals surface area contributed by atoms with Crippen molar-refractivity contribution in [2.45, 2.75) is 0 Å². The Labute approximate surface area is 141 Å². The Morgan fingerprint density at radius 2 is 1.68 bits per heavy atom. The van der Waals surface area contributed by atoms with E-state index in [4.69, 9.17) is 9.72 Å². The van der Waals surface area contributed by atoms with Crippen LogP contribution in [0.15, 0.2) is 60.7 Å². The second kappa shape index (κ2) is 5.28. The van der Waals surface area contributed by atoms with Crippen molar-refractivity contribution in [2.24, 2.45) is 0 Å². The lowest BCUT2D eigenvalue weighted by atomic mass is 10.1. The quantitative estimate of drug-likeness (QED) is 0.454. The Morgan fingerprint density at radius 3 is 2.45 bits per heavy atom. The highest BCUT2D eigenvalue weighted by Crippen LogP contribution is 2.30. The summed E-state index contributed by atoms with van der Waals surface area (Å²) in [5, 5.41) is 0. The molecular formula is C18H13IN2O. The molecule has 0 spiro atoms. The molecule has 2 aromatic carbocycles. The van der Waals surface area contributed by atoms with Crippen LogP contribution in [0, 0.1) is 3.70 Å². The monoisotopic (exact) mass is 400 g/mol. The average molecular weight is 400 g/mol. The van der Waals surface area contributed by atoms with Gasteiger partial charge in [-0.2, -0.15) is 0 Å². The van der Waals surface area contributed by atoms with Crippen molar-refractivity contribution in [3.8, 4) is 17.0 Å². The van der Waals surface area contributed by atoms with Crippen LogP contribution in [-0.2, 0) is 0 Å². The van der Waals surface area contributed by atoms with Crippen LogP contribution in [0.25, 0.3) is 27.8 Å². The molecule has 4 rings (SSSR count). The number of rotatable bonds is 2. The second-order valence-electron chi connectivity index (χ2n) is 5.05. The van der Waals surface area contributed by atoms with Gasteiger partial charge in [0, 0.05) is 5.56 Å². The van der Waals surface area contributed by atoms with Crippen molar-refractivity contribution < 1.29 is 4.74 Å². The van der Waals surface area contributed by atoms with E-state index in [9.17, 15) is 0 Å². The minimum atomic E-state index is 0.852. The molecule has 0 aliphatic rings. The van der Waals surface area contributed by atoms with Gasteiger partial charge in [-0.25, -0.2) is 4.98 Å². The molecular weight excluding hydrogens is 387 g/mol. The molecule has 0 saturated carbocycles. The first kappa shape index (κ1) is 13.6. The van der Waals surface area contributed by atoms with Gasteiger partial charge in [-0.15, -0.1) is 0 Å². The highest BCUT2D eigenvalue weighted by molar-refractivity contribution is 14.1. The van der Waals surface area contributed by atoms with Gasteiger partial charge in [0.25, 0.3) is 0 Å². The van der Waals surface area contributed by atoms with Gasteiger partial charge in [0.15, 0.2) is 0 Å². The fourth-order valence-electron chi connectivity index (χ4n) is 2.73. The van der Waals surface area contributed by atoms with Gasteiger partial charge in [0.2, 0.25) is 0 Å². The van der Waals surface area contributed by atoms with Crippen molar-refractivity contribution in [1.82, 2.24) is 9.38 Å². The highest BCUT2D eigenvalue weighted by Gasteiger charge is 2.12. The number of halogens is 1. The summed E-state index contributed by atoms with van der Waals surface area (Å²) >= 11 is 2.36. The van der Waals surface area contributed by atoms with Crippen LogP contribution in [0.2, 0.25) is 0 Å². The Hall–Kier alpha value is -2.08. The number of hydrogen-bond acceptors (Lipinski definition) is 2. The van der Waals surface area contributed by atoms with Crippen LogP contribution in [0.5, 0.6) is 5.75 Å². The highest BCUT2D eigenvalue weighted by atomic mass is 127. The normalized spacial score (nSPS) is 11.2. The van der Waals surface area contributed by atoms with E-state index in [1.165, 1.54) is 3.70 Å². The maximum Gasteiger partial charge on any atom is 0.118 e. The minimum absolute atomic E-state index is 0.852. The molecule has 0 bridgehead atoms. The molecule has 0 saturated heterocycles. The maximum absolute atomic E-state index is 5.24. The molecule has 2 heterocycles. The van der Waals surface area contributed by atoms with Crippen molar-refractivity contribution in [1.29, 1.82) is 0 Å². The molecule has 4 heteroatoms. The van der Waals surface area contributed by atoms with E-state index in [2.05, 4.69) is 63.4 Å². The zero-order valence-electron chi connectivity index (χ0n) is 12.0. The number of benzene rings is 2. The van der Waals surface area contributed by atoms with Crippen LogP contribution in [0.3, 0.4) is 0 Å².